The van der Waals surface area contributed by atoms with Crippen molar-refractivity contribution in [1.29, 1.82) is 0 Å². The van der Waals surface area contributed by atoms with Crippen LogP contribution in [0, 0.1) is 0 Å². The molecule has 0 bridgehead atoms. The van der Waals surface area contributed by atoms with E-state index >= 15 is 0 Å². The molecule has 3 rings (SSSR count). The number of hydrogen-bond donors (Lipinski definition) is 0. The van der Waals surface area contributed by atoms with Crippen molar-refractivity contribution in [3.8, 4) is 0 Å². The third-order valence-electron chi connectivity index (χ3n) is 3.76. The minimum absolute atomic E-state index is 0.0916. The minimum Gasteiger partial charge on any atom is -0.335 e. The van der Waals surface area contributed by atoms with Crippen molar-refractivity contribution in [3.63, 3.8) is 0 Å². The lowest BCUT2D eigenvalue weighted by molar-refractivity contribution is -0.118. The molecule has 1 aliphatic heterocycles. The predicted octanol–water partition coefficient (Wildman–Crippen LogP) is 3.94. The lowest BCUT2D eigenvalue weighted by atomic mass is 9.97. The Morgan fingerprint density at radius 3 is 2.95 bits per heavy atom. The number of hydrogen-bond acceptors (Lipinski definition) is 4. The van der Waals surface area contributed by atoms with Gasteiger partial charge in [-0.1, -0.05) is 0 Å². The third-order valence-corrected chi connectivity index (χ3v) is 5.84. The summed E-state index contributed by atoms with van der Waals surface area (Å²) in [7, 11) is 0. The number of nitrogens with zero attached hydrogens (tertiary/aromatic N) is 1. The summed E-state index contributed by atoms with van der Waals surface area (Å²) in [6.45, 7) is 2.39. The van der Waals surface area contributed by atoms with Crippen LogP contribution in [-0.4, -0.2) is 29.2 Å². The Bertz CT molecular complexity index is 615. The van der Waals surface area contributed by atoms with Crippen molar-refractivity contribution in [2.24, 2.45) is 0 Å². The Hall–Kier alpha value is -1.20. The van der Waals surface area contributed by atoms with Crippen LogP contribution in [0.5, 0.6) is 0 Å². The number of piperidine rings is 1. The highest BCUT2D eigenvalue weighted by Crippen LogP contribution is 2.32. The first-order valence-electron chi connectivity index (χ1n) is 6.92. The smallest absolute Gasteiger partial charge is 0.264 e. The van der Waals surface area contributed by atoms with Gasteiger partial charge in [-0.25, -0.2) is 0 Å². The fourth-order valence-electron chi connectivity index (χ4n) is 2.82. The number of carbonyl (C=O) groups excluding carboxylic acids is 2. The van der Waals surface area contributed by atoms with Crippen LogP contribution in [0.4, 0.5) is 0 Å². The first kappa shape index (κ1) is 13.8. The largest absolute Gasteiger partial charge is 0.335 e. The molecule has 0 spiro atoms. The van der Waals surface area contributed by atoms with E-state index in [1.165, 1.54) is 9.40 Å². The molecule has 3 heterocycles. The Morgan fingerprint density at radius 1 is 1.35 bits per heavy atom. The highest BCUT2D eigenvalue weighted by atomic mass is 32.1. The van der Waals surface area contributed by atoms with Gasteiger partial charge in [0.2, 0.25) is 0 Å². The zero-order chi connectivity index (χ0) is 14.1. The summed E-state index contributed by atoms with van der Waals surface area (Å²) in [5.74, 6) is 0.270. The van der Waals surface area contributed by atoms with E-state index in [2.05, 4.69) is 11.4 Å². The summed E-state index contributed by atoms with van der Waals surface area (Å²) in [5, 5.41) is 2.05. The van der Waals surface area contributed by atoms with Gasteiger partial charge in [0, 0.05) is 28.4 Å². The summed E-state index contributed by atoms with van der Waals surface area (Å²) < 4.78 is 2.36. The highest BCUT2D eigenvalue weighted by Gasteiger charge is 2.29. The van der Waals surface area contributed by atoms with E-state index in [9.17, 15) is 9.59 Å². The van der Waals surface area contributed by atoms with E-state index in [0.717, 1.165) is 30.7 Å². The molecule has 3 nitrogen and oxygen atoms in total. The van der Waals surface area contributed by atoms with Gasteiger partial charge in [0.05, 0.1) is 4.88 Å². The van der Waals surface area contributed by atoms with Crippen LogP contribution in [0.25, 0.3) is 9.40 Å². The normalized spacial score (nSPS) is 19.4. The van der Waals surface area contributed by atoms with Crippen LogP contribution in [0.15, 0.2) is 17.5 Å². The Balaban J connectivity index is 1.83. The van der Waals surface area contributed by atoms with Gasteiger partial charge in [0.25, 0.3) is 5.91 Å². The Kier molecular flexibility index (Phi) is 3.89. The molecule has 1 atom stereocenters. The standard InChI is InChI=1S/C15H17NO2S2/c1-10(17)8-11-4-2-3-6-16(11)15(18)14-9-13-12(20-14)5-7-19-13/h5,7,9,11H,2-4,6,8H2,1H3. The number of thiophene rings is 2. The fraction of sp³-hybridized carbons (Fsp3) is 0.467. The zero-order valence-corrected chi connectivity index (χ0v) is 13.1. The molecule has 5 heteroatoms. The molecule has 1 saturated heterocycles. The highest BCUT2D eigenvalue weighted by molar-refractivity contribution is 7.27. The van der Waals surface area contributed by atoms with Crippen LogP contribution in [0.3, 0.4) is 0 Å². The van der Waals surface area contributed by atoms with Crippen molar-refractivity contribution < 1.29 is 9.59 Å². The van der Waals surface area contributed by atoms with Crippen molar-refractivity contribution in [2.45, 2.75) is 38.6 Å². The van der Waals surface area contributed by atoms with E-state index in [1.54, 1.807) is 29.6 Å². The van der Waals surface area contributed by atoms with Gasteiger partial charge in [0.15, 0.2) is 0 Å². The summed E-state index contributed by atoms with van der Waals surface area (Å²) >= 11 is 3.23. The average Bonchev–Trinajstić information content (AvgIpc) is 2.98. The second kappa shape index (κ2) is 5.66. The van der Waals surface area contributed by atoms with Gasteiger partial charge in [-0.2, -0.15) is 0 Å². The maximum atomic E-state index is 12.7. The van der Waals surface area contributed by atoms with E-state index < -0.39 is 0 Å². The third kappa shape index (κ3) is 2.65. The molecule has 2 aromatic heterocycles. The van der Waals surface area contributed by atoms with Gasteiger partial charge in [0.1, 0.15) is 5.78 Å². The molecule has 0 saturated carbocycles. The van der Waals surface area contributed by atoms with Gasteiger partial charge in [-0.3, -0.25) is 9.59 Å². The molecule has 1 aliphatic rings. The molecule has 0 radical (unpaired) electrons. The number of fused-ring (bicyclic) bond motifs is 1. The van der Waals surface area contributed by atoms with Gasteiger partial charge in [-0.05, 0) is 43.7 Å². The maximum Gasteiger partial charge on any atom is 0.264 e. The molecular formula is C15H17NO2S2. The number of likely N-dealkylation sites (tertiary alicyclic amines) is 1. The van der Waals surface area contributed by atoms with Crippen LogP contribution in [0.2, 0.25) is 0 Å². The monoisotopic (exact) mass is 307 g/mol. The summed E-state index contributed by atoms with van der Waals surface area (Å²) in [5.41, 5.74) is 0. The van der Waals surface area contributed by atoms with E-state index in [1.807, 2.05) is 11.0 Å². The predicted molar refractivity (Wildman–Crippen MR) is 83.7 cm³/mol. The van der Waals surface area contributed by atoms with E-state index in [4.69, 9.17) is 0 Å². The molecule has 0 N–H and O–H groups in total. The second-order valence-corrected chi connectivity index (χ2v) is 7.35. The average molecular weight is 307 g/mol. The van der Waals surface area contributed by atoms with Gasteiger partial charge in [-0.15, -0.1) is 22.7 Å². The Labute approximate surface area is 126 Å². The van der Waals surface area contributed by atoms with Crippen molar-refractivity contribution in [2.75, 3.05) is 6.54 Å². The molecule has 1 unspecified atom stereocenters. The summed E-state index contributed by atoms with van der Waals surface area (Å²) in [6, 6.07) is 4.14. The first-order chi connectivity index (χ1) is 9.65. The fourth-order valence-corrected chi connectivity index (χ4v) is 4.89. The first-order valence-corrected chi connectivity index (χ1v) is 8.62. The summed E-state index contributed by atoms with van der Waals surface area (Å²) in [4.78, 5) is 26.8. The Morgan fingerprint density at radius 2 is 2.20 bits per heavy atom. The second-order valence-electron chi connectivity index (χ2n) is 5.31. The molecule has 0 aromatic carbocycles. The lowest BCUT2D eigenvalue weighted by Gasteiger charge is -2.35. The maximum absolute atomic E-state index is 12.7. The van der Waals surface area contributed by atoms with Gasteiger partial charge < -0.3 is 4.90 Å². The SMILES string of the molecule is CC(=O)CC1CCCCN1C(=O)c1cc2sccc2s1. The molecule has 20 heavy (non-hydrogen) atoms. The molecule has 0 aliphatic carbocycles. The van der Waals surface area contributed by atoms with Crippen molar-refractivity contribution >= 4 is 43.8 Å². The van der Waals surface area contributed by atoms with Gasteiger partial charge >= 0.3 is 0 Å². The van der Waals surface area contributed by atoms with Crippen molar-refractivity contribution in [3.05, 3.63) is 22.4 Å². The van der Waals surface area contributed by atoms with Crippen LogP contribution in [0.1, 0.15) is 42.3 Å². The van der Waals surface area contributed by atoms with Crippen LogP contribution < -0.4 is 0 Å². The van der Waals surface area contributed by atoms with Crippen LogP contribution >= 0.6 is 22.7 Å². The number of rotatable bonds is 3. The quantitative estimate of drug-likeness (QED) is 0.861. The summed E-state index contributed by atoms with van der Waals surface area (Å²) in [6.07, 6.45) is 3.59. The molecule has 106 valence electrons. The van der Waals surface area contributed by atoms with E-state index in [-0.39, 0.29) is 17.7 Å². The molecule has 1 fully saturated rings. The number of Topliss-reactive ketones (excluding diaryl/α,β-unsaturated/α-hetero) is 1. The number of ketones is 1. The topological polar surface area (TPSA) is 37.4 Å². The van der Waals surface area contributed by atoms with E-state index in [0.29, 0.717) is 6.42 Å². The van der Waals surface area contributed by atoms with Crippen molar-refractivity contribution in [1.82, 2.24) is 4.90 Å². The zero-order valence-electron chi connectivity index (χ0n) is 11.4. The minimum atomic E-state index is 0.0916. The molecule has 1 amide bonds. The molecular weight excluding hydrogens is 290 g/mol. The number of amides is 1. The lowest BCUT2D eigenvalue weighted by Crippen LogP contribution is -2.44. The molecule has 2 aromatic rings. The van der Waals surface area contributed by atoms with Crippen LogP contribution in [-0.2, 0) is 4.79 Å². The number of carbonyl (C=O) groups is 2.